The number of rotatable bonds is 12. The van der Waals surface area contributed by atoms with E-state index in [4.69, 9.17) is 16.7 Å². The van der Waals surface area contributed by atoms with Gasteiger partial charge in [-0.1, -0.05) is 57.9 Å². The van der Waals surface area contributed by atoms with Gasteiger partial charge in [0.1, 0.15) is 0 Å². The molecule has 1 aliphatic rings. The molecule has 0 saturated heterocycles. The molecule has 3 N–H and O–H groups in total. The fourth-order valence-corrected chi connectivity index (χ4v) is 4.22. The summed E-state index contributed by atoms with van der Waals surface area (Å²) in [5, 5.41) is 29.5. The second kappa shape index (κ2) is 11.9. The molecule has 4 nitrogen and oxygen atoms in total. The molecular formula is C22H37ClO4. The second-order valence-corrected chi connectivity index (χ2v) is 9.02. The van der Waals surface area contributed by atoms with E-state index in [9.17, 15) is 15.0 Å². The number of hydrogen-bond donors (Lipinski definition) is 3. The number of allylic oxidation sites excluding steroid dienone is 2. The Morgan fingerprint density at radius 3 is 2.59 bits per heavy atom. The van der Waals surface area contributed by atoms with Crippen molar-refractivity contribution >= 4 is 17.6 Å². The first-order chi connectivity index (χ1) is 12.7. The Morgan fingerprint density at radius 2 is 1.96 bits per heavy atom. The largest absolute Gasteiger partial charge is 0.481 e. The Morgan fingerprint density at radius 1 is 1.30 bits per heavy atom. The van der Waals surface area contributed by atoms with Gasteiger partial charge >= 0.3 is 5.97 Å². The van der Waals surface area contributed by atoms with E-state index < -0.39 is 18.2 Å². The van der Waals surface area contributed by atoms with E-state index in [1.54, 1.807) is 0 Å². The maximum absolute atomic E-state index is 10.6. The van der Waals surface area contributed by atoms with Crippen LogP contribution >= 0.6 is 11.6 Å². The Bertz CT molecular complexity index is 501. The Labute approximate surface area is 169 Å². The lowest BCUT2D eigenvalue weighted by Gasteiger charge is -2.29. The second-order valence-electron chi connectivity index (χ2n) is 8.46. The maximum atomic E-state index is 10.6. The molecule has 0 bridgehead atoms. The average Bonchev–Trinajstić information content (AvgIpc) is 2.86. The van der Waals surface area contributed by atoms with Crippen LogP contribution in [0.1, 0.15) is 72.1 Å². The molecule has 0 radical (unpaired) electrons. The highest BCUT2D eigenvalue weighted by molar-refractivity contribution is 6.21. The van der Waals surface area contributed by atoms with Gasteiger partial charge in [-0.3, -0.25) is 4.79 Å². The van der Waals surface area contributed by atoms with Gasteiger partial charge in [0.15, 0.2) is 0 Å². The molecular weight excluding hydrogens is 364 g/mol. The molecule has 0 spiro atoms. The number of carboxylic acids is 1. The minimum atomic E-state index is -0.787. The van der Waals surface area contributed by atoms with Crippen LogP contribution in [0.5, 0.6) is 0 Å². The number of alkyl halides is 1. The summed E-state index contributed by atoms with van der Waals surface area (Å²) in [7, 11) is 0. The summed E-state index contributed by atoms with van der Waals surface area (Å²) in [6, 6.07) is 0. The molecule has 0 aliphatic heterocycles. The van der Waals surface area contributed by atoms with Crippen LogP contribution in [0.25, 0.3) is 0 Å². The van der Waals surface area contributed by atoms with E-state index in [0.29, 0.717) is 12.8 Å². The van der Waals surface area contributed by atoms with Crippen LogP contribution in [0.3, 0.4) is 0 Å². The third-order valence-corrected chi connectivity index (χ3v) is 6.22. The molecule has 1 saturated carbocycles. The zero-order valence-electron chi connectivity index (χ0n) is 17.0. The first kappa shape index (κ1) is 24.2. The number of hydrogen-bond acceptors (Lipinski definition) is 3. The highest BCUT2D eigenvalue weighted by Gasteiger charge is 2.39. The number of carbonyl (C=O) groups is 1. The molecule has 1 rings (SSSR count). The molecule has 0 aromatic heterocycles. The van der Waals surface area contributed by atoms with Gasteiger partial charge in [0.05, 0.1) is 12.2 Å². The van der Waals surface area contributed by atoms with E-state index in [0.717, 1.165) is 32.1 Å². The van der Waals surface area contributed by atoms with Crippen LogP contribution in [0.15, 0.2) is 24.3 Å². The van der Waals surface area contributed by atoms with E-state index in [1.807, 2.05) is 24.3 Å². The summed E-state index contributed by atoms with van der Waals surface area (Å²) in [6.07, 6.45) is 12.8. The van der Waals surface area contributed by atoms with Gasteiger partial charge in [-0.15, -0.1) is 11.6 Å². The molecule has 1 fully saturated rings. The normalized spacial score (nSPS) is 27.6. The van der Waals surface area contributed by atoms with Gasteiger partial charge in [0.2, 0.25) is 0 Å². The summed E-state index contributed by atoms with van der Waals surface area (Å²) < 4.78 is 0. The van der Waals surface area contributed by atoms with Crippen molar-refractivity contribution in [3.05, 3.63) is 24.3 Å². The third-order valence-electron chi connectivity index (χ3n) is 5.72. The lowest BCUT2D eigenvalue weighted by Crippen LogP contribution is -2.28. The quantitative estimate of drug-likeness (QED) is 0.320. The van der Waals surface area contributed by atoms with Crippen molar-refractivity contribution < 1.29 is 20.1 Å². The van der Waals surface area contributed by atoms with E-state index in [-0.39, 0.29) is 29.0 Å². The topological polar surface area (TPSA) is 77.8 Å². The predicted octanol–water partition coefficient (Wildman–Crippen LogP) is 4.93. The summed E-state index contributed by atoms with van der Waals surface area (Å²) >= 11 is 6.47. The van der Waals surface area contributed by atoms with Crippen molar-refractivity contribution in [3.8, 4) is 0 Å². The van der Waals surface area contributed by atoms with Crippen LogP contribution in [-0.2, 0) is 4.79 Å². The molecule has 0 aromatic rings. The number of aliphatic hydroxyl groups is 2. The zero-order chi connectivity index (χ0) is 20.4. The smallest absolute Gasteiger partial charge is 0.303 e. The summed E-state index contributed by atoms with van der Waals surface area (Å²) in [5.41, 5.74) is -0.182. The van der Waals surface area contributed by atoms with Gasteiger partial charge < -0.3 is 15.3 Å². The van der Waals surface area contributed by atoms with Crippen molar-refractivity contribution in [2.45, 2.75) is 89.7 Å². The van der Waals surface area contributed by atoms with Gasteiger partial charge in [-0.25, -0.2) is 0 Å². The van der Waals surface area contributed by atoms with Crippen LogP contribution in [0.2, 0.25) is 0 Å². The van der Waals surface area contributed by atoms with Crippen molar-refractivity contribution in [3.63, 3.8) is 0 Å². The predicted molar refractivity (Wildman–Crippen MR) is 111 cm³/mol. The lowest BCUT2D eigenvalue weighted by molar-refractivity contribution is -0.136. The summed E-state index contributed by atoms with van der Waals surface area (Å²) in [6.45, 7) is 6.30. The van der Waals surface area contributed by atoms with E-state index >= 15 is 0 Å². The van der Waals surface area contributed by atoms with Gasteiger partial charge in [0, 0.05) is 17.7 Å². The molecule has 1 aliphatic carbocycles. The zero-order valence-corrected chi connectivity index (χ0v) is 17.7. The van der Waals surface area contributed by atoms with E-state index in [1.165, 1.54) is 0 Å². The SMILES string of the molecule is CCCCC(C)(C)[C@H](O)/C=C/[C@@H]1[C@@H](CC/C=C\CCC(=O)O)[C@H](Cl)C[C@H]1O. The van der Waals surface area contributed by atoms with Crippen molar-refractivity contribution in [1.82, 2.24) is 0 Å². The molecule has 0 heterocycles. The van der Waals surface area contributed by atoms with Crippen LogP contribution < -0.4 is 0 Å². The van der Waals surface area contributed by atoms with Crippen molar-refractivity contribution in [1.29, 1.82) is 0 Å². The Hall–Kier alpha value is -0.840. The average molecular weight is 401 g/mol. The molecule has 5 heteroatoms. The maximum Gasteiger partial charge on any atom is 0.303 e. The Balaban J connectivity index is 2.61. The standard InChI is InChI=1S/C22H37ClO4/c1-4-5-14-22(2,3)20(25)13-12-17-16(18(23)15-19(17)24)10-8-6-7-9-11-21(26)27/h6-7,12-13,16-20,24-25H,4-5,8-11,14-15H2,1-3H3,(H,26,27)/b7-6-,13-12+/t16-,17-,18-,19-,20-/m1/s1. The molecule has 27 heavy (non-hydrogen) atoms. The number of carboxylic acid groups (broad SMARTS) is 1. The van der Waals surface area contributed by atoms with Gasteiger partial charge in [0.25, 0.3) is 0 Å². The number of unbranched alkanes of at least 4 members (excludes halogenated alkanes) is 1. The minimum absolute atomic E-state index is 0.0449. The fourth-order valence-electron chi connectivity index (χ4n) is 3.74. The molecule has 5 atom stereocenters. The molecule has 156 valence electrons. The van der Waals surface area contributed by atoms with Crippen LogP contribution in [-0.4, -0.2) is 38.9 Å². The molecule has 0 unspecified atom stereocenters. The van der Waals surface area contributed by atoms with Gasteiger partial charge in [-0.05, 0) is 43.4 Å². The first-order valence-electron chi connectivity index (χ1n) is 10.2. The Kier molecular flexibility index (Phi) is 10.6. The molecule has 0 amide bonds. The van der Waals surface area contributed by atoms with Gasteiger partial charge in [-0.2, -0.15) is 0 Å². The lowest BCUT2D eigenvalue weighted by atomic mass is 9.80. The van der Waals surface area contributed by atoms with Crippen molar-refractivity contribution in [2.24, 2.45) is 17.3 Å². The minimum Gasteiger partial charge on any atom is -0.481 e. The van der Waals surface area contributed by atoms with Crippen LogP contribution in [0.4, 0.5) is 0 Å². The third kappa shape index (κ3) is 8.37. The van der Waals surface area contributed by atoms with Crippen molar-refractivity contribution in [2.75, 3.05) is 0 Å². The highest BCUT2D eigenvalue weighted by Crippen LogP contribution is 2.40. The number of aliphatic carboxylic acids is 1. The number of aliphatic hydroxyl groups excluding tert-OH is 2. The monoisotopic (exact) mass is 400 g/mol. The summed E-state index contributed by atoms with van der Waals surface area (Å²) in [4.78, 5) is 10.5. The highest BCUT2D eigenvalue weighted by atomic mass is 35.5. The number of halogens is 1. The summed E-state index contributed by atoms with van der Waals surface area (Å²) in [5.74, 6) is -0.672. The molecule has 0 aromatic carbocycles. The van der Waals surface area contributed by atoms with E-state index in [2.05, 4.69) is 20.8 Å². The van der Waals surface area contributed by atoms with Crippen LogP contribution in [0, 0.1) is 17.3 Å². The fraction of sp³-hybridized carbons (Fsp3) is 0.773. The first-order valence-corrected chi connectivity index (χ1v) is 10.7.